The lowest BCUT2D eigenvalue weighted by Gasteiger charge is -2.29. The number of nitrogens with zero attached hydrogens (tertiary/aromatic N) is 1. The number of hydrogen-bond acceptors (Lipinski definition) is 4. The van der Waals surface area contributed by atoms with Crippen LogP contribution in [0.15, 0.2) is 53.4 Å². The number of rotatable bonds is 6. The first-order valence-electron chi connectivity index (χ1n) is 10.3. The number of hydrogen-bond donors (Lipinski definition) is 2. The average Bonchev–Trinajstić information content (AvgIpc) is 2.77. The van der Waals surface area contributed by atoms with E-state index in [-0.39, 0.29) is 21.7 Å². The quantitative estimate of drug-likeness (QED) is 0.656. The van der Waals surface area contributed by atoms with Crippen molar-refractivity contribution in [3.8, 4) is 0 Å². The molecule has 33 heavy (non-hydrogen) atoms. The van der Waals surface area contributed by atoms with Gasteiger partial charge in [0.25, 0.3) is 11.8 Å². The van der Waals surface area contributed by atoms with Gasteiger partial charge >= 0.3 is 6.18 Å². The maximum Gasteiger partial charge on any atom is 0.405 e. The molecule has 11 heteroatoms. The molecule has 0 aromatic heterocycles. The van der Waals surface area contributed by atoms with Crippen LogP contribution in [0.5, 0.6) is 0 Å². The summed E-state index contributed by atoms with van der Waals surface area (Å²) in [5, 5.41) is 4.31. The van der Waals surface area contributed by atoms with Crippen molar-refractivity contribution in [2.24, 2.45) is 5.92 Å². The van der Waals surface area contributed by atoms with Gasteiger partial charge in [0.15, 0.2) is 0 Å². The van der Waals surface area contributed by atoms with Crippen molar-refractivity contribution in [2.75, 3.05) is 25.0 Å². The molecule has 3 rings (SSSR count). The fourth-order valence-corrected chi connectivity index (χ4v) is 4.85. The summed E-state index contributed by atoms with van der Waals surface area (Å²) in [5.74, 6) is -1.000. The van der Waals surface area contributed by atoms with Crippen LogP contribution < -0.4 is 10.6 Å². The summed E-state index contributed by atoms with van der Waals surface area (Å²) in [5.41, 5.74) is 0.348. The highest BCUT2D eigenvalue weighted by molar-refractivity contribution is 7.89. The molecule has 1 aliphatic heterocycles. The van der Waals surface area contributed by atoms with Crippen molar-refractivity contribution < 1.29 is 31.2 Å². The van der Waals surface area contributed by atoms with Gasteiger partial charge in [-0.05, 0) is 61.2 Å². The number of anilines is 1. The van der Waals surface area contributed by atoms with E-state index in [1.54, 1.807) is 5.32 Å². The molecule has 0 spiro atoms. The Kier molecular flexibility index (Phi) is 7.43. The van der Waals surface area contributed by atoms with Gasteiger partial charge < -0.3 is 10.6 Å². The standard InChI is InChI=1S/C22H24F3N3O4S/c1-15-9-11-28(12-10-15)33(31,32)19-7-5-16(6-8-19)21(30)27-18-4-2-3-17(13-18)20(29)26-14-22(23,24)25/h2-8,13,15H,9-12,14H2,1H3,(H,26,29)(H,27,30). The van der Waals surface area contributed by atoms with Gasteiger partial charge in [0.05, 0.1) is 4.90 Å². The molecule has 0 aliphatic carbocycles. The fraction of sp³-hybridized carbons (Fsp3) is 0.364. The van der Waals surface area contributed by atoms with Crippen molar-refractivity contribution in [1.82, 2.24) is 9.62 Å². The lowest BCUT2D eigenvalue weighted by atomic mass is 10.0. The number of carbonyl (C=O) groups is 2. The molecule has 1 heterocycles. The third kappa shape index (κ3) is 6.55. The zero-order chi connectivity index (χ0) is 24.2. The molecule has 1 fully saturated rings. The van der Waals surface area contributed by atoms with Crippen molar-refractivity contribution in [1.29, 1.82) is 0 Å². The first-order chi connectivity index (χ1) is 15.5. The molecular formula is C22H24F3N3O4S. The number of sulfonamides is 1. The minimum absolute atomic E-state index is 0.0469. The Morgan fingerprint density at radius 3 is 2.24 bits per heavy atom. The first-order valence-corrected chi connectivity index (χ1v) is 11.8. The van der Waals surface area contributed by atoms with Crippen LogP contribution in [0.4, 0.5) is 18.9 Å². The van der Waals surface area contributed by atoms with Crippen molar-refractivity contribution >= 4 is 27.5 Å². The molecule has 178 valence electrons. The Morgan fingerprint density at radius 1 is 1.00 bits per heavy atom. The van der Waals surface area contributed by atoms with E-state index >= 15 is 0 Å². The smallest absolute Gasteiger partial charge is 0.343 e. The molecule has 1 saturated heterocycles. The van der Waals surface area contributed by atoms with E-state index < -0.39 is 34.6 Å². The van der Waals surface area contributed by atoms with Crippen LogP contribution in [0.2, 0.25) is 0 Å². The van der Waals surface area contributed by atoms with Gasteiger partial charge in [0, 0.05) is 29.9 Å². The van der Waals surface area contributed by atoms with E-state index in [9.17, 15) is 31.2 Å². The summed E-state index contributed by atoms with van der Waals surface area (Å²) in [7, 11) is -3.64. The van der Waals surface area contributed by atoms with E-state index in [0.29, 0.717) is 19.0 Å². The summed E-state index contributed by atoms with van der Waals surface area (Å²) < 4.78 is 63.9. The molecule has 0 saturated carbocycles. The topological polar surface area (TPSA) is 95.6 Å². The zero-order valence-corrected chi connectivity index (χ0v) is 18.7. The van der Waals surface area contributed by atoms with Crippen molar-refractivity contribution in [2.45, 2.75) is 30.8 Å². The van der Waals surface area contributed by atoms with E-state index in [1.165, 1.54) is 52.8 Å². The van der Waals surface area contributed by atoms with Crippen LogP contribution in [-0.4, -0.2) is 50.3 Å². The second-order valence-corrected chi connectivity index (χ2v) is 9.88. The molecule has 0 unspecified atom stereocenters. The first kappa shape index (κ1) is 24.7. The van der Waals surface area contributed by atoms with Gasteiger partial charge in [0.2, 0.25) is 10.0 Å². The summed E-state index contributed by atoms with van der Waals surface area (Å²) in [6, 6.07) is 11.0. The van der Waals surface area contributed by atoms with Crippen molar-refractivity contribution in [3.63, 3.8) is 0 Å². The second kappa shape index (κ2) is 9.92. The zero-order valence-electron chi connectivity index (χ0n) is 17.9. The molecule has 2 amide bonds. The monoisotopic (exact) mass is 483 g/mol. The number of carbonyl (C=O) groups excluding carboxylic acids is 2. The summed E-state index contributed by atoms with van der Waals surface area (Å²) in [4.78, 5) is 24.5. The Labute approximate surface area is 190 Å². The van der Waals surface area contributed by atoms with Crippen LogP contribution in [0, 0.1) is 5.92 Å². The highest BCUT2D eigenvalue weighted by atomic mass is 32.2. The lowest BCUT2D eigenvalue weighted by molar-refractivity contribution is -0.123. The van der Waals surface area contributed by atoms with Gasteiger partial charge in [-0.2, -0.15) is 17.5 Å². The van der Waals surface area contributed by atoms with E-state index in [4.69, 9.17) is 0 Å². The van der Waals surface area contributed by atoms with Gasteiger partial charge in [0.1, 0.15) is 6.54 Å². The number of halogens is 3. The molecule has 0 bridgehead atoms. The number of nitrogens with one attached hydrogen (secondary N) is 2. The number of alkyl halides is 3. The molecule has 2 aromatic rings. The van der Waals surface area contributed by atoms with Crippen molar-refractivity contribution in [3.05, 3.63) is 59.7 Å². The van der Waals surface area contributed by atoms with E-state index in [0.717, 1.165) is 12.8 Å². The third-order valence-electron chi connectivity index (χ3n) is 5.33. The fourth-order valence-electron chi connectivity index (χ4n) is 3.38. The Balaban J connectivity index is 1.66. The molecule has 1 aliphatic rings. The second-order valence-electron chi connectivity index (χ2n) is 7.94. The maximum atomic E-state index is 12.8. The molecule has 2 N–H and O–H groups in total. The Bertz CT molecular complexity index is 1110. The van der Waals surface area contributed by atoms with Crippen LogP contribution in [0.25, 0.3) is 0 Å². The van der Waals surface area contributed by atoms with Gasteiger partial charge in [-0.1, -0.05) is 13.0 Å². The summed E-state index contributed by atoms with van der Waals surface area (Å²) in [6.07, 6.45) is -2.94. The molecule has 0 atom stereocenters. The SMILES string of the molecule is CC1CCN(S(=O)(=O)c2ccc(C(=O)Nc3cccc(C(=O)NCC(F)(F)F)c3)cc2)CC1. The van der Waals surface area contributed by atoms with Gasteiger partial charge in [-0.25, -0.2) is 8.42 Å². The van der Waals surface area contributed by atoms with E-state index in [1.807, 2.05) is 0 Å². The van der Waals surface area contributed by atoms with Gasteiger partial charge in [-0.15, -0.1) is 0 Å². The highest BCUT2D eigenvalue weighted by Gasteiger charge is 2.29. The highest BCUT2D eigenvalue weighted by Crippen LogP contribution is 2.24. The van der Waals surface area contributed by atoms with Crippen LogP contribution in [-0.2, 0) is 10.0 Å². The number of benzene rings is 2. The van der Waals surface area contributed by atoms with Gasteiger partial charge in [-0.3, -0.25) is 9.59 Å². The maximum absolute atomic E-state index is 12.8. The molecule has 2 aromatic carbocycles. The number of amides is 2. The average molecular weight is 484 g/mol. The predicted octanol–water partition coefficient (Wildman–Crippen LogP) is 3.65. The molecule has 0 radical (unpaired) electrons. The molecule has 7 nitrogen and oxygen atoms in total. The lowest BCUT2D eigenvalue weighted by Crippen LogP contribution is -2.37. The normalized spacial score (nSPS) is 15.8. The van der Waals surface area contributed by atoms with E-state index in [2.05, 4.69) is 12.2 Å². The van der Waals surface area contributed by atoms with Crippen LogP contribution in [0.3, 0.4) is 0 Å². The summed E-state index contributed by atoms with van der Waals surface area (Å²) >= 11 is 0. The number of piperidine rings is 1. The Morgan fingerprint density at radius 2 is 1.64 bits per heavy atom. The Hall–Kier alpha value is -2.92. The van der Waals surface area contributed by atoms with Crippen LogP contribution in [0.1, 0.15) is 40.5 Å². The minimum atomic E-state index is -4.53. The third-order valence-corrected chi connectivity index (χ3v) is 7.24. The van der Waals surface area contributed by atoms with Crippen LogP contribution >= 0.6 is 0 Å². The molecular weight excluding hydrogens is 459 g/mol. The largest absolute Gasteiger partial charge is 0.405 e. The summed E-state index contributed by atoms with van der Waals surface area (Å²) in [6.45, 7) is 1.54. The predicted molar refractivity (Wildman–Crippen MR) is 116 cm³/mol. The minimum Gasteiger partial charge on any atom is -0.343 e.